The molecule has 1 unspecified atom stereocenters. The summed E-state index contributed by atoms with van der Waals surface area (Å²) in [5, 5.41) is 17.5. The van der Waals surface area contributed by atoms with Crippen molar-refractivity contribution in [3.63, 3.8) is 0 Å². The summed E-state index contributed by atoms with van der Waals surface area (Å²) in [5.74, 6) is -0.197. The molecule has 0 amide bonds. The highest BCUT2D eigenvalue weighted by molar-refractivity contribution is 5.86. The minimum absolute atomic E-state index is 0.354. The normalized spacial score (nSPS) is 11.7. The van der Waals surface area contributed by atoms with Gasteiger partial charge in [-0.2, -0.15) is 0 Å². The van der Waals surface area contributed by atoms with Gasteiger partial charge in [0.1, 0.15) is 0 Å². The van der Waals surface area contributed by atoms with Crippen molar-refractivity contribution in [2.75, 3.05) is 0 Å². The van der Waals surface area contributed by atoms with Gasteiger partial charge in [0.05, 0.1) is 0 Å². The maximum absolute atomic E-state index is 10.7. The molecule has 4 heteroatoms. The van der Waals surface area contributed by atoms with E-state index in [4.69, 9.17) is 10.2 Å². The standard InChI is InChI=1S/2C22H42O2/c1-20(2)18-16-14-12-10-8-6-4-5-7-9-11-13-15-17-19-21(3)22(23)24;1-4-5-6-7-8-9-10-11-12-13-14-15-16-17-20(2)18-19-21(3)22(23)24/h2*20H,3-19H2,1-2H3,(H,23,24). The van der Waals surface area contributed by atoms with Crippen LogP contribution in [0.5, 0.6) is 0 Å². The summed E-state index contributed by atoms with van der Waals surface area (Å²) in [5.41, 5.74) is 0.710. The quantitative estimate of drug-likeness (QED) is 0.0511. The van der Waals surface area contributed by atoms with Crippen molar-refractivity contribution in [3.8, 4) is 0 Å². The van der Waals surface area contributed by atoms with Crippen LogP contribution in [0.2, 0.25) is 0 Å². The van der Waals surface area contributed by atoms with Crippen molar-refractivity contribution in [2.24, 2.45) is 11.8 Å². The van der Waals surface area contributed by atoms with Gasteiger partial charge in [0.2, 0.25) is 0 Å². The van der Waals surface area contributed by atoms with Crippen molar-refractivity contribution in [2.45, 2.75) is 233 Å². The van der Waals surface area contributed by atoms with Gasteiger partial charge in [-0.3, -0.25) is 0 Å². The molecule has 0 aromatic rings. The van der Waals surface area contributed by atoms with Crippen LogP contribution in [0.3, 0.4) is 0 Å². The van der Waals surface area contributed by atoms with Gasteiger partial charge >= 0.3 is 11.9 Å². The zero-order valence-corrected chi connectivity index (χ0v) is 32.9. The maximum atomic E-state index is 10.7. The van der Waals surface area contributed by atoms with E-state index >= 15 is 0 Å². The van der Waals surface area contributed by atoms with Crippen LogP contribution < -0.4 is 0 Å². The molecule has 0 saturated heterocycles. The van der Waals surface area contributed by atoms with Gasteiger partial charge in [0, 0.05) is 11.1 Å². The van der Waals surface area contributed by atoms with Crippen LogP contribution in [0.15, 0.2) is 24.3 Å². The number of carbonyl (C=O) groups is 2. The van der Waals surface area contributed by atoms with Gasteiger partial charge in [-0.1, -0.05) is 221 Å². The fourth-order valence-electron chi connectivity index (χ4n) is 6.30. The smallest absolute Gasteiger partial charge is 0.330 e. The third kappa shape index (κ3) is 40.6. The van der Waals surface area contributed by atoms with Gasteiger partial charge in [0.15, 0.2) is 0 Å². The molecule has 0 aromatic heterocycles. The Balaban J connectivity index is 0. The summed E-state index contributed by atoms with van der Waals surface area (Å²) in [6, 6.07) is 0. The van der Waals surface area contributed by atoms with Gasteiger partial charge in [-0.25, -0.2) is 9.59 Å². The van der Waals surface area contributed by atoms with Crippen molar-refractivity contribution in [1.29, 1.82) is 0 Å². The predicted octanol–water partition coefficient (Wildman–Crippen LogP) is 15.0. The van der Waals surface area contributed by atoms with E-state index in [0.717, 1.165) is 25.2 Å². The summed E-state index contributed by atoms with van der Waals surface area (Å²) >= 11 is 0. The van der Waals surface area contributed by atoms with Crippen LogP contribution in [0, 0.1) is 11.8 Å². The average molecular weight is 677 g/mol. The fraction of sp³-hybridized carbons (Fsp3) is 0.864. The first-order valence-corrected chi connectivity index (χ1v) is 20.9. The van der Waals surface area contributed by atoms with E-state index < -0.39 is 11.9 Å². The van der Waals surface area contributed by atoms with Crippen LogP contribution in [0.4, 0.5) is 0 Å². The van der Waals surface area contributed by atoms with E-state index in [1.807, 2.05) is 0 Å². The Hall–Kier alpha value is -1.58. The first-order valence-electron chi connectivity index (χ1n) is 20.9. The van der Waals surface area contributed by atoms with Crippen LogP contribution in [0.1, 0.15) is 233 Å². The first kappa shape index (κ1) is 48.5. The molecule has 1 atom stereocenters. The van der Waals surface area contributed by atoms with Crippen LogP contribution in [-0.4, -0.2) is 22.2 Å². The second kappa shape index (κ2) is 38.2. The summed E-state index contributed by atoms with van der Waals surface area (Å²) in [7, 11) is 0. The monoisotopic (exact) mass is 677 g/mol. The van der Waals surface area contributed by atoms with Gasteiger partial charge in [-0.05, 0) is 37.5 Å². The van der Waals surface area contributed by atoms with Crippen LogP contribution >= 0.6 is 0 Å². The molecule has 4 nitrogen and oxygen atoms in total. The first-order chi connectivity index (χ1) is 23.1. The molecule has 0 fully saturated rings. The molecule has 0 heterocycles. The van der Waals surface area contributed by atoms with Crippen molar-refractivity contribution in [1.82, 2.24) is 0 Å². The van der Waals surface area contributed by atoms with E-state index in [-0.39, 0.29) is 0 Å². The molecule has 0 rings (SSSR count). The van der Waals surface area contributed by atoms with Gasteiger partial charge in [-0.15, -0.1) is 0 Å². The molecule has 2 N–H and O–H groups in total. The Labute approximate surface area is 300 Å². The lowest BCUT2D eigenvalue weighted by Crippen LogP contribution is -2.02. The van der Waals surface area contributed by atoms with E-state index in [0.29, 0.717) is 29.9 Å². The van der Waals surface area contributed by atoms with Crippen LogP contribution in [-0.2, 0) is 9.59 Å². The van der Waals surface area contributed by atoms with E-state index in [1.54, 1.807) is 0 Å². The number of hydrogen-bond donors (Lipinski definition) is 2. The molecule has 0 radical (unpaired) electrons. The topological polar surface area (TPSA) is 74.6 Å². The number of unbranched alkanes of at least 4 members (excludes halogenated alkanes) is 25. The Kier molecular flexibility index (Phi) is 38.7. The van der Waals surface area contributed by atoms with Gasteiger partial charge in [0.25, 0.3) is 0 Å². The predicted molar refractivity (Wildman–Crippen MR) is 211 cm³/mol. The molecule has 0 spiro atoms. The second-order valence-electron chi connectivity index (χ2n) is 15.4. The average Bonchev–Trinajstić information content (AvgIpc) is 3.05. The molecule has 0 aliphatic carbocycles. The molecule has 0 aromatic carbocycles. The number of aliphatic carboxylic acids is 2. The molecule has 0 bridgehead atoms. The minimum Gasteiger partial charge on any atom is -0.478 e. The Morgan fingerprint density at radius 3 is 1.04 bits per heavy atom. The molecule has 48 heavy (non-hydrogen) atoms. The summed E-state index contributed by atoms with van der Waals surface area (Å²) in [6.07, 6.45) is 41.7. The molecular weight excluding hydrogens is 592 g/mol. The third-order valence-electron chi connectivity index (χ3n) is 9.85. The zero-order valence-electron chi connectivity index (χ0n) is 32.9. The number of hydrogen-bond acceptors (Lipinski definition) is 2. The summed E-state index contributed by atoms with van der Waals surface area (Å²) in [4.78, 5) is 21.3. The van der Waals surface area contributed by atoms with E-state index in [9.17, 15) is 9.59 Å². The number of rotatable bonds is 36. The fourth-order valence-corrected chi connectivity index (χ4v) is 6.30. The highest BCUT2D eigenvalue weighted by Gasteiger charge is 2.08. The number of carboxylic acids is 2. The highest BCUT2D eigenvalue weighted by atomic mass is 16.4. The molecule has 284 valence electrons. The van der Waals surface area contributed by atoms with Crippen molar-refractivity contribution < 1.29 is 19.8 Å². The van der Waals surface area contributed by atoms with Crippen molar-refractivity contribution in [3.05, 3.63) is 24.3 Å². The molecule has 0 aliphatic rings. The molecule has 0 aliphatic heterocycles. The maximum Gasteiger partial charge on any atom is 0.330 e. The SMILES string of the molecule is C=C(CCC(C)CCCCCCCCCCCCCCC)C(=O)O.C=C(CCCCCCCCCCCCCCCCC(C)C)C(=O)O. The van der Waals surface area contributed by atoms with E-state index in [2.05, 4.69) is 40.9 Å². The summed E-state index contributed by atoms with van der Waals surface area (Å²) < 4.78 is 0. The largest absolute Gasteiger partial charge is 0.478 e. The Bertz CT molecular complexity index is 740. The van der Waals surface area contributed by atoms with Gasteiger partial charge < -0.3 is 10.2 Å². The lowest BCUT2D eigenvalue weighted by molar-refractivity contribution is -0.133. The highest BCUT2D eigenvalue weighted by Crippen LogP contribution is 2.19. The molecular formula is C44H84O4. The van der Waals surface area contributed by atoms with E-state index in [1.165, 1.54) is 173 Å². The van der Waals surface area contributed by atoms with Crippen molar-refractivity contribution >= 4 is 11.9 Å². The zero-order chi connectivity index (χ0) is 36.1. The Morgan fingerprint density at radius 2 is 0.708 bits per heavy atom. The van der Waals surface area contributed by atoms with Crippen LogP contribution in [0.25, 0.3) is 0 Å². The molecule has 0 saturated carbocycles. The Morgan fingerprint density at radius 1 is 0.417 bits per heavy atom. The number of carboxylic acid groups (broad SMARTS) is 2. The minimum atomic E-state index is -0.844. The lowest BCUT2D eigenvalue weighted by atomic mass is 9.95. The summed E-state index contributed by atoms with van der Waals surface area (Å²) in [6.45, 7) is 16.3. The lowest BCUT2D eigenvalue weighted by Gasteiger charge is -2.11. The second-order valence-corrected chi connectivity index (χ2v) is 15.4. The third-order valence-corrected chi connectivity index (χ3v) is 9.85.